The van der Waals surface area contributed by atoms with Crippen molar-refractivity contribution in [1.29, 1.82) is 0 Å². The molecule has 1 aliphatic heterocycles. The highest BCUT2D eigenvalue weighted by molar-refractivity contribution is 5.91. The van der Waals surface area contributed by atoms with Gasteiger partial charge in [0.2, 0.25) is 5.91 Å². The Morgan fingerprint density at radius 2 is 1.90 bits per heavy atom. The first-order valence-corrected chi connectivity index (χ1v) is 11.3. The van der Waals surface area contributed by atoms with Gasteiger partial charge in [0.15, 0.2) is 5.82 Å². The highest BCUT2D eigenvalue weighted by atomic mass is 16.1. The number of carbonyl (C=O) groups excluding carboxylic acids is 1. The van der Waals surface area contributed by atoms with E-state index < -0.39 is 0 Å². The molecule has 1 fully saturated rings. The third-order valence-corrected chi connectivity index (χ3v) is 6.68. The van der Waals surface area contributed by atoms with Gasteiger partial charge in [-0.3, -0.25) is 9.48 Å². The van der Waals surface area contributed by atoms with Gasteiger partial charge in [0.25, 0.3) is 0 Å². The summed E-state index contributed by atoms with van der Waals surface area (Å²) >= 11 is 0. The normalized spacial score (nSPS) is 16.0. The summed E-state index contributed by atoms with van der Waals surface area (Å²) in [4.78, 5) is 19.9. The Labute approximate surface area is 184 Å². The second kappa shape index (κ2) is 8.69. The van der Waals surface area contributed by atoms with Crippen LogP contribution in [0.5, 0.6) is 0 Å². The van der Waals surface area contributed by atoms with Crippen LogP contribution >= 0.6 is 0 Å². The molecule has 4 rings (SSSR count). The summed E-state index contributed by atoms with van der Waals surface area (Å²) in [6.45, 7) is 12.9. The molecule has 1 saturated heterocycles. The van der Waals surface area contributed by atoms with Crippen molar-refractivity contribution >= 4 is 22.6 Å². The molecule has 0 saturated carbocycles. The maximum absolute atomic E-state index is 12.9. The van der Waals surface area contributed by atoms with Gasteiger partial charge in [-0.1, -0.05) is 18.2 Å². The maximum Gasteiger partial charge on any atom is 0.223 e. The van der Waals surface area contributed by atoms with Crippen LogP contribution in [0.3, 0.4) is 0 Å². The van der Waals surface area contributed by atoms with Crippen LogP contribution < -0.4 is 10.2 Å². The fraction of sp³-hybridized carbons (Fsp3) is 0.480. The molecule has 1 aliphatic rings. The first-order chi connectivity index (χ1) is 14.9. The van der Waals surface area contributed by atoms with Gasteiger partial charge < -0.3 is 10.2 Å². The number of rotatable bonds is 5. The van der Waals surface area contributed by atoms with Gasteiger partial charge in [-0.05, 0) is 70.2 Å². The Hall–Kier alpha value is -2.89. The second-order valence-electron chi connectivity index (χ2n) is 8.77. The third kappa shape index (κ3) is 4.16. The Balaban J connectivity index is 1.42. The first kappa shape index (κ1) is 21.3. The van der Waals surface area contributed by atoms with Gasteiger partial charge in [0, 0.05) is 37.1 Å². The largest absolute Gasteiger partial charge is 0.355 e. The average Bonchev–Trinajstić information content (AvgIpc) is 3.11. The number of hydrogen-bond acceptors (Lipinski definition) is 4. The molecule has 1 unspecified atom stereocenters. The van der Waals surface area contributed by atoms with Crippen molar-refractivity contribution in [1.82, 2.24) is 20.1 Å². The van der Waals surface area contributed by atoms with Crippen LogP contribution in [0.2, 0.25) is 0 Å². The van der Waals surface area contributed by atoms with Crippen LogP contribution in [0.1, 0.15) is 55.1 Å². The molecule has 0 spiro atoms. The van der Waals surface area contributed by atoms with Crippen LogP contribution in [0.15, 0.2) is 30.5 Å². The average molecular weight is 420 g/mol. The molecular weight excluding hydrogens is 386 g/mol. The number of fused-ring (bicyclic) bond motifs is 1. The van der Waals surface area contributed by atoms with Crippen LogP contribution in [0, 0.1) is 26.7 Å². The van der Waals surface area contributed by atoms with Crippen molar-refractivity contribution in [2.75, 3.05) is 18.0 Å². The number of piperidine rings is 1. The van der Waals surface area contributed by atoms with E-state index in [9.17, 15) is 4.79 Å². The van der Waals surface area contributed by atoms with Crippen molar-refractivity contribution in [3.63, 3.8) is 0 Å². The van der Waals surface area contributed by atoms with Crippen LogP contribution in [-0.2, 0) is 11.3 Å². The van der Waals surface area contributed by atoms with Crippen molar-refractivity contribution in [2.24, 2.45) is 5.92 Å². The summed E-state index contributed by atoms with van der Waals surface area (Å²) in [6.07, 6.45) is 3.54. The zero-order valence-corrected chi connectivity index (χ0v) is 19.3. The minimum absolute atomic E-state index is 0.0159. The van der Waals surface area contributed by atoms with Gasteiger partial charge in [-0.15, -0.1) is 0 Å². The molecule has 1 amide bonds. The van der Waals surface area contributed by atoms with Crippen LogP contribution in [0.25, 0.3) is 10.9 Å². The maximum atomic E-state index is 12.9. The van der Waals surface area contributed by atoms with E-state index in [0.29, 0.717) is 0 Å². The summed E-state index contributed by atoms with van der Waals surface area (Å²) in [5.74, 6) is 1.19. The predicted molar refractivity (Wildman–Crippen MR) is 125 cm³/mol. The fourth-order valence-corrected chi connectivity index (χ4v) is 4.54. The molecule has 1 N–H and O–H groups in total. The Kier molecular flexibility index (Phi) is 5.99. The minimum Gasteiger partial charge on any atom is -0.355 e. The summed E-state index contributed by atoms with van der Waals surface area (Å²) in [5.41, 5.74) is 5.84. The highest BCUT2D eigenvalue weighted by Gasteiger charge is 2.28. The highest BCUT2D eigenvalue weighted by Crippen LogP contribution is 2.30. The number of aryl methyl sites for hydroxylation is 4. The van der Waals surface area contributed by atoms with Crippen LogP contribution in [0.4, 0.5) is 5.82 Å². The number of benzene rings is 1. The van der Waals surface area contributed by atoms with Crippen molar-refractivity contribution in [2.45, 2.75) is 60.0 Å². The van der Waals surface area contributed by atoms with Crippen molar-refractivity contribution in [3.8, 4) is 0 Å². The van der Waals surface area contributed by atoms with Gasteiger partial charge in [0.05, 0.1) is 11.7 Å². The monoisotopic (exact) mass is 419 g/mol. The fourth-order valence-electron chi connectivity index (χ4n) is 4.54. The summed E-state index contributed by atoms with van der Waals surface area (Å²) < 4.78 is 2.04. The number of aromatic nitrogens is 3. The molecule has 6 heteroatoms. The number of amides is 1. The molecule has 0 aliphatic carbocycles. The summed E-state index contributed by atoms with van der Waals surface area (Å²) in [5, 5.41) is 9.06. The van der Waals surface area contributed by atoms with E-state index in [0.717, 1.165) is 60.5 Å². The van der Waals surface area contributed by atoms with Gasteiger partial charge in [-0.2, -0.15) is 5.10 Å². The molecule has 0 radical (unpaired) electrons. The third-order valence-electron chi connectivity index (χ3n) is 6.68. The molecule has 1 atom stereocenters. The molecule has 2 aromatic heterocycles. The van der Waals surface area contributed by atoms with Gasteiger partial charge in [-0.25, -0.2) is 4.98 Å². The van der Waals surface area contributed by atoms with E-state index >= 15 is 0 Å². The lowest BCUT2D eigenvalue weighted by atomic mass is 9.94. The quantitative estimate of drug-likeness (QED) is 0.663. The minimum atomic E-state index is 0.0159. The van der Waals surface area contributed by atoms with E-state index in [-0.39, 0.29) is 17.9 Å². The topological polar surface area (TPSA) is 63.1 Å². The van der Waals surface area contributed by atoms with E-state index in [1.54, 1.807) is 0 Å². The standard InChI is InChI=1S/C25H33N5O/c1-6-30-23-22(19(5)28-30)9-12-26-24(23)29-13-10-20(11-14-29)25(31)27-18(4)21-8-7-16(2)17(3)15-21/h7-9,12,15,18,20H,6,10-11,13-14H2,1-5H3,(H,27,31). The number of nitrogens with zero attached hydrogens (tertiary/aromatic N) is 4. The Bertz CT molecular complexity index is 1090. The number of pyridine rings is 1. The lowest BCUT2D eigenvalue weighted by molar-refractivity contribution is -0.126. The SMILES string of the molecule is CCn1nc(C)c2ccnc(N3CCC(C(=O)NC(C)c4ccc(C)c(C)c4)CC3)c21. The van der Waals surface area contributed by atoms with Gasteiger partial charge >= 0.3 is 0 Å². The lowest BCUT2D eigenvalue weighted by Crippen LogP contribution is -2.41. The lowest BCUT2D eigenvalue weighted by Gasteiger charge is -2.33. The molecule has 0 bridgehead atoms. The van der Waals surface area contributed by atoms with E-state index in [1.165, 1.54) is 11.1 Å². The molecule has 31 heavy (non-hydrogen) atoms. The summed E-state index contributed by atoms with van der Waals surface area (Å²) in [6, 6.07) is 8.47. The van der Waals surface area contributed by atoms with E-state index in [2.05, 4.69) is 61.2 Å². The number of hydrogen-bond donors (Lipinski definition) is 1. The summed E-state index contributed by atoms with van der Waals surface area (Å²) in [7, 11) is 0. The zero-order chi connectivity index (χ0) is 22.1. The van der Waals surface area contributed by atoms with Crippen molar-refractivity contribution in [3.05, 3.63) is 52.8 Å². The molecular formula is C25H33N5O. The van der Waals surface area contributed by atoms with E-state index in [1.807, 2.05) is 23.9 Å². The smallest absolute Gasteiger partial charge is 0.223 e. The zero-order valence-electron chi connectivity index (χ0n) is 19.3. The first-order valence-electron chi connectivity index (χ1n) is 11.3. The second-order valence-corrected chi connectivity index (χ2v) is 8.77. The van der Waals surface area contributed by atoms with Crippen LogP contribution in [-0.4, -0.2) is 33.8 Å². The number of nitrogens with one attached hydrogen (secondary N) is 1. The molecule has 6 nitrogen and oxygen atoms in total. The van der Waals surface area contributed by atoms with Gasteiger partial charge in [0.1, 0.15) is 5.52 Å². The van der Waals surface area contributed by atoms with E-state index in [4.69, 9.17) is 4.98 Å². The molecule has 1 aromatic carbocycles. The molecule has 164 valence electrons. The Morgan fingerprint density at radius 1 is 1.16 bits per heavy atom. The predicted octanol–water partition coefficient (Wildman–Crippen LogP) is 4.47. The Morgan fingerprint density at radius 3 is 2.58 bits per heavy atom. The van der Waals surface area contributed by atoms with Crippen molar-refractivity contribution < 1.29 is 4.79 Å². The number of carbonyl (C=O) groups is 1. The number of anilines is 1. The molecule has 3 heterocycles. The molecule has 3 aromatic rings.